The molecule has 0 aliphatic rings. The minimum absolute atomic E-state index is 0.0230. The molecule has 2 aromatic rings. The Hall–Kier alpha value is -3.20. The van der Waals surface area contributed by atoms with Gasteiger partial charge in [0.1, 0.15) is 11.4 Å². The second kappa shape index (κ2) is 6.50. The van der Waals surface area contributed by atoms with Crippen molar-refractivity contribution in [2.24, 2.45) is 0 Å². The largest absolute Gasteiger partial charge is 0.506 e. The summed E-state index contributed by atoms with van der Waals surface area (Å²) < 4.78 is 15.8. The number of rotatable bonds is 5. The molecule has 1 aromatic carbocycles. The zero-order valence-corrected chi connectivity index (χ0v) is 11.3. The number of aromatic nitrogens is 1. The first-order chi connectivity index (χ1) is 11.3. The van der Waals surface area contributed by atoms with Crippen LogP contribution in [-0.2, 0) is 4.79 Å². The lowest BCUT2D eigenvalue weighted by atomic mass is 10.0. The summed E-state index contributed by atoms with van der Waals surface area (Å²) in [5.74, 6) is -2.22. The van der Waals surface area contributed by atoms with Gasteiger partial charge in [-0.1, -0.05) is 12.1 Å². The van der Waals surface area contributed by atoms with Crippen LogP contribution in [0.15, 0.2) is 36.5 Å². The highest BCUT2D eigenvalue weighted by molar-refractivity contribution is 5.98. The van der Waals surface area contributed by atoms with Crippen LogP contribution in [0.1, 0.15) is 31.6 Å². The Morgan fingerprint density at radius 2 is 2.14 bits per heavy atom. The number of carboxylic acid groups (broad SMARTS) is 1. The van der Waals surface area contributed by atoms with Crippen LogP contribution in [0.3, 0.4) is 0 Å². The number of carboxylic acids is 1. The summed E-state index contributed by atoms with van der Waals surface area (Å²) in [5.41, 5.74) is 0.132. The minimum Gasteiger partial charge on any atom is -0.506 e. The fraction of sp³-hybridized carbons (Fsp3) is 0.125. The molecule has 22 heavy (non-hydrogen) atoms. The topological polar surface area (TPSA) is 111 Å². The van der Waals surface area contributed by atoms with Crippen molar-refractivity contribution in [1.82, 2.24) is 4.98 Å². The van der Waals surface area contributed by atoms with E-state index < -0.39 is 17.5 Å². The van der Waals surface area contributed by atoms with E-state index in [1.165, 1.54) is 24.4 Å². The molecule has 0 amide bonds. The molecule has 0 aliphatic heterocycles. The van der Waals surface area contributed by atoms with Gasteiger partial charge in [-0.3, -0.25) is 9.59 Å². The van der Waals surface area contributed by atoms with Gasteiger partial charge in [-0.05, 0) is 23.7 Å². The Kier molecular flexibility index (Phi) is 3.70. The maximum Gasteiger partial charge on any atom is 0.303 e. The molecule has 2 rings (SSSR count). The zero-order valence-electron chi connectivity index (χ0n) is 13.3. The molecule has 0 atom stereocenters. The normalized spacial score (nSPS) is 11.2. The van der Waals surface area contributed by atoms with Crippen molar-refractivity contribution in [3.8, 4) is 22.9 Å². The standard InChI is InChI=1S/C16H12N2O4/c17-8-10-2-1-3-11(6-10)12-7-14(20)16(18-9-12)13(19)4-5-15(21)22/h1-3,6-7,9,20H,4-5H2,(H,21,22)/i3D,6D. The van der Waals surface area contributed by atoms with E-state index in [0.29, 0.717) is 0 Å². The van der Waals surface area contributed by atoms with Crippen molar-refractivity contribution < 1.29 is 22.5 Å². The predicted molar refractivity (Wildman–Crippen MR) is 77.3 cm³/mol. The molecule has 2 N–H and O–H groups in total. The van der Waals surface area contributed by atoms with Crippen LogP contribution in [0, 0.1) is 11.3 Å². The molecule has 0 saturated heterocycles. The molecular formula is C16H12N2O4. The van der Waals surface area contributed by atoms with Crippen LogP contribution < -0.4 is 0 Å². The molecule has 0 spiro atoms. The fourth-order valence-corrected chi connectivity index (χ4v) is 1.79. The molecule has 110 valence electrons. The first-order valence-corrected chi connectivity index (χ1v) is 6.29. The number of carbonyl (C=O) groups is 2. The van der Waals surface area contributed by atoms with Gasteiger partial charge in [0.05, 0.1) is 20.8 Å². The molecule has 1 aromatic heterocycles. The van der Waals surface area contributed by atoms with Gasteiger partial charge in [0, 0.05) is 18.2 Å². The van der Waals surface area contributed by atoms with E-state index >= 15 is 0 Å². The second-order valence-corrected chi connectivity index (χ2v) is 4.41. The molecule has 0 fully saturated rings. The van der Waals surface area contributed by atoms with Crippen molar-refractivity contribution in [2.75, 3.05) is 0 Å². The summed E-state index contributed by atoms with van der Waals surface area (Å²) in [7, 11) is 0. The third kappa shape index (κ3) is 3.46. The Balaban J connectivity index is 2.43. The lowest BCUT2D eigenvalue weighted by molar-refractivity contribution is -0.136. The molecule has 0 saturated carbocycles. The third-order valence-electron chi connectivity index (χ3n) is 2.84. The summed E-state index contributed by atoms with van der Waals surface area (Å²) >= 11 is 0. The van der Waals surface area contributed by atoms with Crippen LogP contribution in [0.4, 0.5) is 0 Å². The number of aliphatic carboxylic acids is 1. The van der Waals surface area contributed by atoms with E-state index in [4.69, 9.17) is 13.1 Å². The second-order valence-electron chi connectivity index (χ2n) is 4.41. The number of ketones is 1. The molecule has 0 unspecified atom stereocenters. The minimum atomic E-state index is -1.13. The molecule has 0 radical (unpaired) electrons. The third-order valence-corrected chi connectivity index (χ3v) is 2.84. The van der Waals surface area contributed by atoms with Gasteiger partial charge in [-0.15, -0.1) is 0 Å². The number of nitrogens with zero attached hydrogens (tertiary/aromatic N) is 2. The maximum absolute atomic E-state index is 11.8. The smallest absolute Gasteiger partial charge is 0.303 e. The van der Waals surface area contributed by atoms with E-state index in [1.54, 1.807) is 0 Å². The van der Waals surface area contributed by atoms with Crippen molar-refractivity contribution in [3.05, 3.63) is 47.7 Å². The molecule has 0 bridgehead atoms. The van der Waals surface area contributed by atoms with Crippen LogP contribution in [-0.4, -0.2) is 26.9 Å². The Bertz CT molecular complexity index is 875. The highest BCUT2D eigenvalue weighted by atomic mass is 16.4. The molecular weight excluding hydrogens is 284 g/mol. The number of hydrogen-bond donors (Lipinski definition) is 2. The zero-order chi connectivity index (χ0) is 17.9. The fourth-order valence-electron chi connectivity index (χ4n) is 1.79. The summed E-state index contributed by atoms with van der Waals surface area (Å²) in [6.45, 7) is 0. The first kappa shape index (κ1) is 12.5. The average molecular weight is 298 g/mol. The van der Waals surface area contributed by atoms with Crippen molar-refractivity contribution in [3.63, 3.8) is 0 Å². The number of pyridine rings is 1. The molecule has 1 heterocycles. The lowest BCUT2D eigenvalue weighted by Crippen LogP contribution is -2.06. The SMILES string of the molecule is [2H]c1ccc(C#N)c([2H])c1-c1cnc(C(=O)CCC(=O)O)c(O)c1. The number of benzene rings is 1. The molecule has 6 heteroatoms. The first-order valence-electron chi connectivity index (χ1n) is 7.29. The molecule has 6 nitrogen and oxygen atoms in total. The van der Waals surface area contributed by atoms with Crippen molar-refractivity contribution >= 4 is 11.8 Å². The van der Waals surface area contributed by atoms with E-state index in [9.17, 15) is 14.7 Å². The Labute approximate surface area is 129 Å². The van der Waals surface area contributed by atoms with Crippen LogP contribution in [0.25, 0.3) is 11.1 Å². The van der Waals surface area contributed by atoms with Gasteiger partial charge in [0.15, 0.2) is 5.78 Å². The van der Waals surface area contributed by atoms with Gasteiger partial charge < -0.3 is 10.2 Å². The van der Waals surface area contributed by atoms with Gasteiger partial charge >= 0.3 is 5.97 Å². The number of aromatic hydroxyl groups is 1. The monoisotopic (exact) mass is 298 g/mol. The summed E-state index contributed by atoms with van der Waals surface area (Å²) in [5, 5.41) is 27.5. The predicted octanol–water partition coefficient (Wildman–Crippen LogP) is 2.37. The van der Waals surface area contributed by atoms with E-state index in [-0.39, 0.29) is 47.3 Å². The summed E-state index contributed by atoms with van der Waals surface area (Å²) in [4.78, 5) is 26.2. The van der Waals surface area contributed by atoms with Gasteiger partial charge in [-0.25, -0.2) is 4.98 Å². The summed E-state index contributed by atoms with van der Waals surface area (Å²) in [6.07, 6.45) is 0.534. The van der Waals surface area contributed by atoms with Crippen molar-refractivity contribution in [1.29, 1.82) is 5.26 Å². The highest BCUT2D eigenvalue weighted by Crippen LogP contribution is 2.26. The van der Waals surface area contributed by atoms with E-state index in [1.807, 2.05) is 6.07 Å². The van der Waals surface area contributed by atoms with Gasteiger partial charge in [0.25, 0.3) is 0 Å². The quantitative estimate of drug-likeness (QED) is 0.820. The lowest BCUT2D eigenvalue weighted by Gasteiger charge is -2.06. The van der Waals surface area contributed by atoms with Crippen molar-refractivity contribution in [2.45, 2.75) is 12.8 Å². The maximum atomic E-state index is 11.8. The van der Waals surface area contributed by atoms with Gasteiger partial charge in [0.2, 0.25) is 0 Å². The number of nitriles is 1. The van der Waals surface area contributed by atoms with Crippen LogP contribution in [0.2, 0.25) is 0 Å². The number of Topliss-reactive ketones (excluding diaryl/α,β-unsaturated/α-hetero) is 1. The Morgan fingerprint density at radius 3 is 2.77 bits per heavy atom. The van der Waals surface area contributed by atoms with E-state index in [0.717, 1.165) is 0 Å². The average Bonchev–Trinajstić information content (AvgIpc) is 2.53. The molecule has 0 aliphatic carbocycles. The number of carbonyl (C=O) groups excluding carboxylic acids is 1. The number of hydrogen-bond acceptors (Lipinski definition) is 5. The van der Waals surface area contributed by atoms with E-state index in [2.05, 4.69) is 4.98 Å². The highest BCUT2D eigenvalue weighted by Gasteiger charge is 2.15. The van der Waals surface area contributed by atoms with Crippen LogP contribution >= 0.6 is 0 Å². The van der Waals surface area contributed by atoms with Crippen LogP contribution in [0.5, 0.6) is 5.75 Å². The Morgan fingerprint density at radius 1 is 1.36 bits per heavy atom. The summed E-state index contributed by atoms with van der Waals surface area (Å²) in [6, 6.07) is 5.53. The van der Waals surface area contributed by atoms with Gasteiger partial charge in [-0.2, -0.15) is 5.26 Å².